The largest absolute Gasteiger partial charge is 0.387 e. The van der Waals surface area contributed by atoms with Crippen LogP contribution in [0.1, 0.15) is 31.1 Å². The summed E-state index contributed by atoms with van der Waals surface area (Å²) in [6, 6.07) is 5.14. The van der Waals surface area contributed by atoms with Gasteiger partial charge in [-0.3, -0.25) is 0 Å². The number of aliphatic hydroxyl groups excluding tert-OH is 1. The van der Waals surface area contributed by atoms with Gasteiger partial charge in [-0.2, -0.15) is 0 Å². The van der Waals surface area contributed by atoms with Crippen molar-refractivity contribution in [1.29, 1.82) is 0 Å². The van der Waals surface area contributed by atoms with Gasteiger partial charge in [0, 0.05) is 12.6 Å². The molecule has 1 aromatic carbocycles. The third-order valence-electron chi connectivity index (χ3n) is 2.30. The van der Waals surface area contributed by atoms with Crippen molar-refractivity contribution in [3.8, 4) is 0 Å². The Morgan fingerprint density at radius 1 is 1.40 bits per heavy atom. The van der Waals surface area contributed by atoms with Crippen LogP contribution in [0.2, 0.25) is 0 Å². The fourth-order valence-electron chi connectivity index (χ4n) is 1.28. The molecule has 0 radical (unpaired) electrons. The van der Waals surface area contributed by atoms with Gasteiger partial charge in [0.05, 0.1) is 6.10 Å². The molecule has 1 aromatic rings. The van der Waals surface area contributed by atoms with Gasteiger partial charge >= 0.3 is 0 Å². The number of aryl methyl sites for hydroxylation is 1. The van der Waals surface area contributed by atoms with Gasteiger partial charge in [0.25, 0.3) is 0 Å². The molecule has 2 nitrogen and oxygen atoms in total. The third-order valence-corrected chi connectivity index (χ3v) is 2.30. The van der Waals surface area contributed by atoms with Crippen LogP contribution in [0.4, 0.5) is 4.39 Å². The second-order valence-electron chi connectivity index (χ2n) is 4.09. The van der Waals surface area contributed by atoms with Crippen LogP contribution in [0, 0.1) is 12.7 Å². The highest BCUT2D eigenvalue weighted by molar-refractivity contribution is 5.25. The topological polar surface area (TPSA) is 32.3 Å². The molecule has 0 aliphatic rings. The minimum Gasteiger partial charge on any atom is -0.387 e. The van der Waals surface area contributed by atoms with E-state index in [0.29, 0.717) is 23.7 Å². The van der Waals surface area contributed by atoms with Crippen LogP contribution in [0.5, 0.6) is 0 Å². The second kappa shape index (κ2) is 5.24. The normalized spacial score (nSPS) is 13.2. The zero-order valence-electron chi connectivity index (χ0n) is 9.42. The van der Waals surface area contributed by atoms with Crippen LogP contribution in [-0.4, -0.2) is 17.7 Å². The molecule has 0 bridgehead atoms. The Balaban J connectivity index is 2.65. The van der Waals surface area contributed by atoms with E-state index in [1.807, 2.05) is 13.8 Å². The molecule has 0 fully saturated rings. The Bertz CT molecular complexity index is 325. The van der Waals surface area contributed by atoms with Crippen molar-refractivity contribution in [3.05, 3.63) is 35.1 Å². The Morgan fingerprint density at radius 3 is 2.60 bits per heavy atom. The minimum atomic E-state index is -0.650. The Morgan fingerprint density at radius 2 is 2.07 bits per heavy atom. The first-order valence-electron chi connectivity index (χ1n) is 5.18. The smallest absolute Gasteiger partial charge is 0.126 e. The molecular weight excluding hydrogens is 193 g/mol. The standard InChI is InChI=1S/C12H18FNO/c1-8(2)14-7-12(15)10-5-4-9(3)11(13)6-10/h4-6,8,12,14-15H,7H2,1-3H3. The number of halogens is 1. The molecule has 0 saturated heterocycles. The van der Waals surface area contributed by atoms with Crippen LogP contribution < -0.4 is 5.32 Å². The Kier molecular flexibility index (Phi) is 4.24. The molecule has 0 aliphatic heterocycles. The van der Waals surface area contributed by atoms with E-state index in [4.69, 9.17) is 0 Å². The van der Waals surface area contributed by atoms with Gasteiger partial charge in [-0.1, -0.05) is 26.0 Å². The predicted octanol–water partition coefficient (Wildman–Crippen LogP) is 2.17. The monoisotopic (exact) mass is 211 g/mol. The van der Waals surface area contributed by atoms with E-state index in [1.54, 1.807) is 19.1 Å². The van der Waals surface area contributed by atoms with Crippen LogP contribution in [0.15, 0.2) is 18.2 Å². The number of hydrogen-bond donors (Lipinski definition) is 2. The molecular formula is C12H18FNO. The third kappa shape index (κ3) is 3.61. The average Bonchev–Trinajstić information content (AvgIpc) is 2.18. The first-order valence-corrected chi connectivity index (χ1v) is 5.18. The summed E-state index contributed by atoms with van der Waals surface area (Å²) in [5.74, 6) is -0.268. The van der Waals surface area contributed by atoms with Gasteiger partial charge in [-0.25, -0.2) is 4.39 Å². The maximum Gasteiger partial charge on any atom is 0.126 e. The molecule has 15 heavy (non-hydrogen) atoms. The van der Waals surface area contributed by atoms with E-state index in [9.17, 15) is 9.50 Å². The summed E-state index contributed by atoms with van der Waals surface area (Å²) >= 11 is 0. The molecule has 1 rings (SSSR count). The highest BCUT2D eigenvalue weighted by Crippen LogP contribution is 2.15. The lowest BCUT2D eigenvalue weighted by molar-refractivity contribution is 0.171. The van der Waals surface area contributed by atoms with Crippen LogP contribution in [0.3, 0.4) is 0 Å². The number of hydrogen-bond acceptors (Lipinski definition) is 2. The van der Waals surface area contributed by atoms with Gasteiger partial charge in [0.2, 0.25) is 0 Å². The molecule has 0 aromatic heterocycles. The average molecular weight is 211 g/mol. The highest BCUT2D eigenvalue weighted by atomic mass is 19.1. The van der Waals surface area contributed by atoms with Gasteiger partial charge in [0.1, 0.15) is 5.82 Å². The summed E-state index contributed by atoms with van der Waals surface area (Å²) in [5, 5.41) is 12.9. The van der Waals surface area contributed by atoms with E-state index in [1.165, 1.54) is 6.07 Å². The molecule has 1 atom stereocenters. The van der Waals surface area contributed by atoms with Crippen LogP contribution in [-0.2, 0) is 0 Å². The zero-order chi connectivity index (χ0) is 11.4. The Hall–Kier alpha value is -0.930. The molecule has 3 heteroatoms. The lowest BCUT2D eigenvalue weighted by Gasteiger charge is -2.14. The summed E-state index contributed by atoms with van der Waals surface area (Å²) in [5.41, 5.74) is 1.22. The molecule has 0 amide bonds. The van der Waals surface area contributed by atoms with Crippen molar-refractivity contribution in [1.82, 2.24) is 5.32 Å². The molecule has 2 N–H and O–H groups in total. The maximum atomic E-state index is 13.2. The van der Waals surface area contributed by atoms with Gasteiger partial charge in [-0.05, 0) is 24.1 Å². The Labute approximate surface area is 90.1 Å². The summed E-state index contributed by atoms with van der Waals surface area (Å²) in [7, 11) is 0. The molecule has 0 aliphatic carbocycles. The van der Waals surface area contributed by atoms with E-state index < -0.39 is 6.10 Å². The first-order chi connectivity index (χ1) is 7.00. The van der Waals surface area contributed by atoms with Gasteiger partial charge < -0.3 is 10.4 Å². The van der Waals surface area contributed by atoms with Crippen molar-refractivity contribution in [2.45, 2.75) is 32.9 Å². The fraction of sp³-hybridized carbons (Fsp3) is 0.500. The molecule has 1 unspecified atom stereocenters. The van der Waals surface area contributed by atoms with Gasteiger partial charge in [0.15, 0.2) is 0 Å². The summed E-state index contributed by atoms with van der Waals surface area (Å²) < 4.78 is 13.2. The SMILES string of the molecule is Cc1ccc(C(O)CNC(C)C)cc1F. The van der Waals surface area contributed by atoms with Gasteiger partial charge in [-0.15, -0.1) is 0 Å². The minimum absolute atomic E-state index is 0.268. The van der Waals surface area contributed by atoms with E-state index >= 15 is 0 Å². The van der Waals surface area contributed by atoms with Crippen LogP contribution >= 0.6 is 0 Å². The molecule has 0 spiro atoms. The number of nitrogens with one attached hydrogen (secondary N) is 1. The van der Waals surface area contributed by atoms with Crippen molar-refractivity contribution in [3.63, 3.8) is 0 Å². The van der Waals surface area contributed by atoms with E-state index in [-0.39, 0.29) is 5.82 Å². The van der Waals surface area contributed by atoms with Crippen molar-refractivity contribution < 1.29 is 9.50 Å². The molecule has 84 valence electrons. The quantitative estimate of drug-likeness (QED) is 0.800. The summed E-state index contributed by atoms with van der Waals surface area (Å²) in [4.78, 5) is 0. The van der Waals surface area contributed by atoms with Crippen molar-refractivity contribution in [2.75, 3.05) is 6.54 Å². The first kappa shape index (κ1) is 12.1. The lowest BCUT2D eigenvalue weighted by atomic mass is 10.1. The predicted molar refractivity (Wildman–Crippen MR) is 59.2 cm³/mol. The number of rotatable bonds is 4. The maximum absolute atomic E-state index is 13.2. The molecule has 0 saturated carbocycles. The van der Waals surface area contributed by atoms with Crippen LogP contribution in [0.25, 0.3) is 0 Å². The molecule has 0 heterocycles. The summed E-state index contributed by atoms with van der Waals surface area (Å²) in [6.07, 6.45) is -0.650. The van der Waals surface area contributed by atoms with E-state index in [2.05, 4.69) is 5.32 Å². The van der Waals surface area contributed by atoms with Crippen molar-refractivity contribution in [2.24, 2.45) is 0 Å². The number of benzene rings is 1. The second-order valence-corrected chi connectivity index (χ2v) is 4.09. The fourth-order valence-corrected chi connectivity index (χ4v) is 1.28. The number of aliphatic hydroxyl groups is 1. The summed E-state index contributed by atoms with van der Waals surface area (Å²) in [6.45, 7) is 6.16. The lowest BCUT2D eigenvalue weighted by Crippen LogP contribution is -2.27. The van der Waals surface area contributed by atoms with Crippen molar-refractivity contribution >= 4 is 0 Å². The van der Waals surface area contributed by atoms with E-state index in [0.717, 1.165) is 0 Å². The highest BCUT2D eigenvalue weighted by Gasteiger charge is 2.09. The zero-order valence-corrected chi connectivity index (χ0v) is 9.42.